The van der Waals surface area contributed by atoms with Crippen molar-refractivity contribution in [3.05, 3.63) is 58.7 Å². The van der Waals surface area contributed by atoms with Gasteiger partial charge in [0.05, 0.1) is 32.9 Å². The van der Waals surface area contributed by atoms with Gasteiger partial charge in [0, 0.05) is 18.7 Å². The van der Waals surface area contributed by atoms with Crippen LogP contribution in [0, 0.1) is 6.92 Å². The Hall–Kier alpha value is -3.52. The molecule has 2 aromatic rings. The molecule has 1 aliphatic rings. The van der Waals surface area contributed by atoms with Gasteiger partial charge in [-0.25, -0.2) is 0 Å². The first-order valence-electron chi connectivity index (χ1n) is 10.5. The molecule has 3 rings (SSSR count). The number of ketones is 1. The van der Waals surface area contributed by atoms with Gasteiger partial charge in [-0.1, -0.05) is 6.07 Å². The first-order chi connectivity index (χ1) is 15.7. The predicted molar refractivity (Wildman–Crippen MR) is 125 cm³/mol. The first-order valence-corrected chi connectivity index (χ1v) is 10.5. The van der Waals surface area contributed by atoms with E-state index in [0.717, 1.165) is 5.56 Å². The summed E-state index contributed by atoms with van der Waals surface area (Å²) >= 11 is 0. The number of rotatable bonds is 8. The average molecular weight is 455 g/mol. The second-order valence-corrected chi connectivity index (χ2v) is 8.09. The zero-order valence-electron chi connectivity index (χ0n) is 19.8. The Morgan fingerprint density at radius 1 is 0.970 bits per heavy atom. The van der Waals surface area contributed by atoms with Crippen molar-refractivity contribution in [3.8, 4) is 17.2 Å². The van der Waals surface area contributed by atoms with Crippen molar-refractivity contribution < 1.29 is 28.9 Å². The smallest absolute Gasteiger partial charge is 0.295 e. The van der Waals surface area contributed by atoms with Gasteiger partial charge >= 0.3 is 0 Å². The van der Waals surface area contributed by atoms with Crippen molar-refractivity contribution in [2.45, 2.75) is 13.0 Å². The van der Waals surface area contributed by atoms with E-state index in [4.69, 9.17) is 14.2 Å². The van der Waals surface area contributed by atoms with Gasteiger partial charge < -0.3 is 29.1 Å². The molecule has 0 saturated carbocycles. The molecule has 2 aromatic carbocycles. The maximum atomic E-state index is 13.1. The lowest BCUT2D eigenvalue weighted by molar-refractivity contribution is -0.140. The number of hydrogen-bond acceptors (Lipinski definition) is 7. The third-order valence-corrected chi connectivity index (χ3v) is 5.72. The van der Waals surface area contributed by atoms with Crippen LogP contribution in [0.4, 0.5) is 0 Å². The highest BCUT2D eigenvalue weighted by atomic mass is 16.5. The number of likely N-dealkylation sites (tertiary alicyclic amines) is 1. The molecule has 0 radical (unpaired) electrons. The molecule has 0 bridgehead atoms. The molecule has 33 heavy (non-hydrogen) atoms. The van der Waals surface area contributed by atoms with Crippen LogP contribution in [0.15, 0.2) is 42.0 Å². The highest BCUT2D eigenvalue weighted by Crippen LogP contribution is 2.42. The number of benzene rings is 2. The van der Waals surface area contributed by atoms with Gasteiger partial charge in [0.15, 0.2) is 11.5 Å². The lowest BCUT2D eigenvalue weighted by Crippen LogP contribution is -2.35. The molecule has 0 unspecified atom stereocenters. The van der Waals surface area contributed by atoms with Crippen molar-refractivity contribution in [3.63, 3.8) is 0 Å². The number of methoxy groups -OCH3 is 3. The molecule has 1 aliphatic heterocycles. The Kier molecular flexibility index (Phi) is 7.28. The molecular formula is C25H30N2O6. The fourth-order valence-electron chi connectivity index (χ4n) is 3.97. The summed E-state index contributed by atoms with van der Waals surface area (Å²) in [7, 11) is 8.40. The predicted octanol–water partition coefficient (Wildman–Crippen LogP) is 3.00. The quantitative estimate of drug-likeness (QED) is 0.373. The SMILES string of the molecule is COc1ccc(/C(O)=C2\C(=O)C(=O)N(CCN(C)C)[C@H]2c2ccc(OC)c(OC)c2)cc1C. The van der Waals surface area contributed by atoms with Crippen molar-refractivity contribution in [2.24, 2.45) is 0 Å². The second kappa shape index (κ2) is 9.95. The molecule has 1 amide bonds. The maximum absolute atomic E-state index is 13.1. The lowest BCUT2D eigenvalue weighted by Gasteiger charge is -2.27. The van der Waals surface area contributed by atoms with Crippen molar-refractivity contribution >= 4 is 17.4 Å². The average Bonchev–Trinajstić information content (AvgIpc) is 3.06. The maximum Gasteiger partial charge on any atom is 0.295 e. The van der Waals surface area contributed by atoms with Gasteiger partial charge in [-0.3, -0.25) is 9.59 Å². The summed E-state index contributed by atoms with van der Waals surface area (Å²) in [5, 5.41) is 11.2. The molecule has 0 spiro atoms. The fraction of sp³-hybridized carbons (Fsp3) is 0.360. The zero-order valence-corrected chi connectivity index (χ0v) is 19.8. The number of amides is 1. The topological polar surface area (TPSA) is 88.5 Å². The number of Topliss-reactive ketones (excluding diaryl/α,β-unsaturated/α-hetero) is 1. The van der Waals surface area contributed by atoms with E-state index >= 15 is 0 Å². The highest BCUT2D eigenvalue weighted by molar-refractivity contribution is 6.46. The normalized spacial score (nSPS) is 17.5. The minimum absolute atomic E-state index is 0.0375. The molecule has 0 aliphatic carbocycles. The largest absolute Gasteiger partial charge is 0.507 e. The summed E-state index contributed by atoms with van der Waals surface area (Å²) in [6.45, 7) is 2.71. The van der Waals surface area contributed by atoms with Gasteiger partial charge in [-0.15, -0.1) is 0 Å². The van der Waals surface area contributed by atoms with E-state index in [1.807, 2.05) is 25.9 Å². The van der Waals surface area contributed by atoms with Crippen LogP contribution in [-0.4, -0.2) is 75.1 Å². The minimum atomic E-state index is -0.771. The number of ether oxygens (including phenoxy) is 3. The zero-order chi connectivity index (χ0) is 24.3. The lowest BCUT2D eigenvalue weighted by atomic mass is 9.94. The van der Waals surface area contributed by atoms with Gasteiger partial charge in [0.2, 0.25) is 0 Å². The molecule has 1 N–H and O–H groups in total. The number of carbonyl (C=O) groups is 2. The molecule has 1 fully saturated rings. The summed E-state index contributed by atoms with van der Waals surface area (Å²) in [6, 6.07) is 9.56. The number of nitrogens with zero attached hydrogens (tertiary/aromatic N) is 2. The Bertz CT molecular complexity index is 1090. The standard InChI is InChI=1S/C25H30N2O6/c1-15-13-17(8-9-18(15)31-4)23(28)21-22(16-7-10-19(32-5)20(14-16)33-6)27(12-11-26(2)3)25(30)24(21)29/h7-10,13-14,22,28H,11-12H2,1-6H3/b23-21+/t22-/m0/s1. The van der Waals surface area contributed by atoms with Crippen molar-refractivity contribution in [1.82, 2.24) is 9.80 Å². The van der Waals surface area contributed by atoms with Crippen LogP contribution in [0.5, 0.6) is 17.2 Å². The molecule has 0 aromatic heterocycles. The Morgan fingerprint density at radius 3 is 2.18 bits per heavy atom. The Balaban J connectivity index is 2.19. The molecule has 1 atom stereocenters. The van der Waals surface area contributed by atoms with E-state index in [1.54, 1.807) is 43.5 Å². The molecule has 1 saturated heterocycles. The summed E-state index contributed by atoms with van der Waals surface area (Å²) in [5.74, 6) is 0.0503. The molecule has 8 nitrogen and oxygen atoms in total. The van der Waals surface area contributed by atoms with E-state index in [9.17, 15) is 14.7 Å². The monoisotopic (exact) mass is 454 g/mol. The van der Waals surface area contributed by atoms with Crippen molar-refractivity contribution in [2.75, 3.05) is 48.5 Å². The van der Waals surface area contributed by atoms with Crippen LogP contribution < -0.4 is 14.2 Å². The van der Waals surface area contributed by atoms with E-state index in [-0.39, 0.29) is 11.3 Å². The Labute approximate surface area is 194 Å². The van der Waals surface area contributed by atoms with Crippen LogP contribution >= 0.6 is 0 Å². The van der Waals surface area contributed by atoms with Crippen LogP contribution in [0.2, 0.25) is 0 Å². The molecule has 8 heteroatoms. The van der Waals surface area contributed by atoms with Gasteiger partial charge in [0.1, 0.15) is 11.5 Å². The fourth-order valence-corrected chi connectivity index (χ4v) is 3.97. The van der Waals surface area contributed by atoms with Gasteiger partial charge in [-0.05, 0) is 62.5 Å². The second-order valence-electron chi connectivity index (χ2n) is 8.09. The number of carbonyl (C=O) groups excluding carboxylic acids is 2. The van der Waals surface area contributed by atoms with Crippen LogP contribution in [0.25, 0.3) is 5.76 Å². The van der Waals surface area contributed by atoms with Crippen LogP contribution in [0.1, 0.15) is 22.7 Å². The number of aliphatic hydroxyl groups excluding tert-OH is 1. The van der Waals surface area contributed by atoms with E-state index in [0.29, 0.717) is 41.5 Å². The summed E-state index contributed by atoms with van der Waals surface area (Å²) in [4.78, 5) is 29.6. The Morgan fingerprint density at radius 2 is 1.61 bits per heavy atom. The number of likely N-dealkylation sites (N-methyl/N-ethyl adjacent to an activating group) is 1. The third kappa shape index (κ3) is 4.66. The van der Waals surface area contributed by atoms with E-state index in [1.165, 1.54) is 19.1 Å². The van der Waals surface area contributed by atoms with Gasteiger partial charge in [-0.2, -0.15) is 0 Å². The molecule has 176 valence electrons. The van der Waals surface area contributed by atoms with Crippen LogP contribution in [0.3, 0.4) is 0 Å². The molecule has 1 heterocycles. The van der Waals surface area contributed by atoms with Crippen LogP contribution in [-0.2, 0) is 9.59 Å². The summed E-state index contributed by atoms with van der Waals surface area (Å²) < 4.78 is 16.1. The number of hydrogen-bond donors (Lipinski definition) is 1. The number of aryl methyl sites for hydroxylation is 1. The van der Waals surface area contributed by atoms with E-state index in [2.05, 4.69) is 0 Å². The van der Waals surface area contributed by atoms with Gasteiger partial charge in [0.25, 0.3) is 11.7 Å². The van der Waals surface area contributed by atoms with Crippen molar-refractivity contribution in [1.29, 1.82) is 0 Å². The summed E-state index contributed by atoms with van der Waals surface area (Å²) in [5.41, 5.74) is 1.91. The van der Waals surface area contributed by atoms with E-state index < -0.39 is 17.7 Å². The summed E-state index contributed by atoms with van der Waals surface area (Å²) in [6.07, 6.45) is 0. The molecular weight excluding hydrogens is 424 g/mol. The third-order valence-electron chi connectivity index (χ3n) is 5.72. The minimum Gasteiger partial charge on any atom is -0.507 e. The first kappa shape index (κ1) is 24.1. The highest BCUT2D eigenvalue weighted by Gasteiger charge is 2.46. The number of aliphatic hydroxyl groups is 1.